The molecule has 0 aromatic heterocycles. The predicted octanol–water partition coefficient (Wildman–Crippen LogP) is 2.76. The molecule has 0 saturated carbocycles. The van der Waals surface area contributed by atoms with Crippen LogP contribution in [-0.2, 0) is 16.0 Å². The predicted molar refractivity (Wildman–Crippen MR) is 140 cm³/mol. The van der Waals surface area contributed by atoms with Crippen molar-refractivity contribution in [2.45, 2.75) is 25.0 Å². The highest BCUT2D eigenvalue weighted by Crippen LogP contribution is 2.35. The number of amides is 2. The second-order valence-electron chi connectivity index (χ2n) is 8.92. The Morgan fingerprint density at radius 3 is 2.24 bits per heavy atom. The molecule has 9 nitrogen and oxygen atoms in total. The van der Waals surface area contributed by atoms with Crippen molar-refractivity contribution in [3.8, 4) is 0 Å². The lowest BCUT2D eigenvalue weighted by Crippen LogP contribution is -2.50. The van der Waals surface area contributed by atoms with E-state index in [4.69, 9.17) is 11.1 Å². The van der Waals surface area contributed by atoms with E-state index in [1.807, 2.05) is 54.6 Å². The van der Waals surface area contributed by atoms with E-state index >= 15 is 0 Å². The van der Waals surface area contributed by atoms with Gasteiger partial charge in [-0.05, 0) is 30.2 Å². The van der Waals surface area contributed by atoms with Crippen molar-refractivity contribution in [2.75, 3.05) is 18.5 Å². The highest BCUT2D eigenvalue weighted by atomic mass is 16.4. The van der Waals surface area contributed by atoms with E-state index < -0.39 is 24.1 Å². The number of anilines is 1. The Hall–Kier alpha value is -4.66. The van der Waals surface area contributed by atoms with Crippen LogP contribution in [0.1, 0.15) is 39.6 Å². The summed E-state index contributed by atoms with van der Waals surface area (Å²) in [5.74, 6) is -1.98. The third kappa shape index (κ3) is 5.61. The van der Waals surface area contributed by atoms with Crippen LogP contribution in [0.4, 0.5) is 5.69 Å². The van der Waals surface area contributed by atoms with Gasteiger partial charge in [0.25, 0.3) is 5.91 Å². The molecule has 37 heavy (non-hydrogen) atoms. The molecule has 1 heterocycles. The number of nitrogens with two attached hydrogens (primary N) is 1. The maximum atomic E-state index is 13.9. The molecule has 0 radical (unpaired) electrons. The summed E-state index contributed by atoms with van der Waals surface area (Å²) in [5, 5.41) is 20.1. The van der Waals surface area contributed by atoms with Crippen LogP contribution >= 0.6 is 0 Å². The topological polar surface area (TPSA) is 140 Å². The minimum absolute atomic E-state index is 0.102. The first-order valence-electron chi connectivity index (χ1n) is 11.9. The first kappa shape index (κ1) is 25.4. The summed E-state index contributed by atoms with van der Waals surface area (Å²) < 4.78 is 0. The lowest BCUT2D eigenvalue weighted by molar-refractivity contribution is -0.143. The Balaban J connectivity index is 1.73. The molecule has 4 rings (SSSR count). The summed E-state index contributed by atoms with van der Waals surface area (Å²) in [6.45, 7) is 0.273. The van der Waals surface area contributed by atoms with Crippen molar-refractivity contribution < 1.29 is 19.5 Å². The number of carboxylic acid groups (broad SMARTS) is 1. The number of hydrogen-bond donors (Lipinski definition) is 4. The molecule has 2 amide bonds. The monoisotopic (exact) mass is 499 g/mol. The van der Waals surface area contributed by atoms with Crippen LogP contribution in [0.3, 0.4) is 0 Å². The molecule has 9 heteroatoms. The molecule has 0 aliphatic carbocycles. The van der Waals surface area contributed by atoms with E-state index in [2.05, 4.69) is 5.32 Å². The number of rotatable bonds is 8. The number of amidine groups is 1. The molecule has 5 N–H and O–H groups in total. The summed E-state index contributed by atoms with van der Waals surface area (Å²) >= 11 is 0. The molecular formula is C28H29N5O4. The fraction of sp³-hybridized carbons (Fsp3) is 0.214. The number of carbonyl (C=O) groups excluding carboxylic acids is 2. The third-order valence-corrected chi connectivity index (χ3v) is 6.54. The number of nitrogen functional groups attached to an aromatic ring is 1. The molecular weight excluding hydrogens is 470 g/mol. The molecule has 2 unspecified atom stereocenters. The lowest BCUT2D eigenvalue weighted by Gasteiger charge is -2.33. The number of nitrogens with zero attached hydrogens (tertiary/aromatic N) is 2. The number of carbonyl (C=O) groups is 3. The maximum Gasteiger partial charge on any atom is 0.305 e. The smallest absolute Gasteiger partial charge is 0.305 e. The van der Waals surface area contributed by atoms with Gasteiger partial charge in [0.2, 0.25) is 5.91 Å². The second-order valence-corrected chi connectivity index (χ2v) is 8.92. The third-order valence-electron chi connectivity index (χ3n) is 6.54. The molecule has 3 aromatic carbocycles. The number of fused-ring (bicyclic) bond motifs is 1. The Bertz CT molecular complexity index is 1310. The standard InChI is InChI=1S/C28H29N5O4/c1-32-22-10-6-5-9-21(22)26(31-27(36)20-13-11-19(12-14-20)25(29)30)33(28(37)23(32)17-24(34)35)16-15-18-7-3-2-4-8-18/h2-14,23,26H,15-17H2,1H3,(H3,29,30)(H,31,36)(H,34,35). The van der Waals surface area contributed by atoms with Gasteiger partial charge in [-0.15, -0.1) is 0 Å². The maximum absolute atomic E-state index is 13.9. The van der Waals surface area contributed by atoms with Crippen molar-refractivity contribution in [1.29, 1.82) is 5.41 Å². The fourth-order valence-electron chi connectivity index (χ4n) is 4.55. The van der Waals surface area contributed by atoms with Gasteiger partial charge in [0.05, 0.1) is 6.42 Å². The van der Waals surface area contributed by atoms with Gasteiger partial charge in [-0.1, -0.05) is 60.7 Å². The van der Waals surface area contributed by atoms with Crippen molar-refractivity contribution in [2.24, 2.45) is 5.73 Å². The molecule has 190 valence electrons. The van der Waals surface area contributed by atoms with E-state index in [1.165, 1.54) is 0 Å². The summed E-state index contributed by atoms with van der Waals surface area (Å²) in [6.07, 6.45) is -0.676. The number of para-hydroxylation sites is 1. The number of hydrogen-bond acceptors (Lipinski definition) is 5. The van der Waals surface area contributed by atoms with Crippen LogP contribution in [0.25, 0.3) is 0 Å². The van der Waals surface area contributed by atoms with Crippen molar-refractivity contribution in [3.63, 3.8) is 0 Å². The van der Waals surface area contributed by atoms with E-state index in [1.54, 1.807) is 41.1 Å². The van der Waals surface area contributed by atoms with Crippen molar-refractivity contribution in [1.82, 2.24) is 10.2 Å². The number of benzene rings is 3. The summed E-state index contributed by atoms with van der Waals surface area (Å²) in [5.41, 5.74) is 8.74. The van der Waals surface area contributed by atoms with Crippen molar-refractivity contribution in [3.05, 3.63) is 101 Å². The number of nitrogens with one attached hydrogen (secondary N) is 2. The summed E-state index contributed by atoms with van der Waals surface area (Å²) in [7, 11) is 1.70. The lowest BCUT2D eigenvalue weighted by atomic mass is 10.1. The number of likely N-dealkylation sites (N-methyl/N-ethyl adjacent to an activating group) is 1. The molecule has 0 saturated heterocycles. The van der Waals surface area contributed by atoms with Crippen LogP contribution in [0.2, 0.25) is 0 Å². The Kier molecular flexibility index (Phi) is 7.52. The second kappa shape index (κ2) is 10.9. The molecule has 0 bridgehead atoms. The van der Waals surface area contributed by atoms with Gasteiger partial charge < -0.3 is 26.0 Å². The van der Waals surface area contributed by atoms with Crippen LogP contribution < -0.4 is 16.0 Å². The largest absolute Gasteiger partial charge is 0.481 e. The van der Waals surface area contributed by atoms with Gasteiger partial charge in [0.1, 0.15) is 18.0 Å². The van der Waals surface area contributed by atoms with Crippen LogP contribution in [0, 0.1) is 5.41 Å². The number of carboxylic acids is 1. The summed E-state index contributed by atoms with van der Waals surface area (Å²) in [6, 6.07) is 22.3. The zero-order chi connectivity index (χ0) is 26.5. The average Bonchev–Trinajstić information content (AvgIpc) is 2.97. The van der Waals surface area contributed by atoms with E-state index in [0.29, 0.717) is 28.8 Å². The van der Waals surface area contributed by atoms with Crippen LogP contribution in [0.5, 0.6) is 0 Å². The van der Waals surface area contributed by atoms with Crippen LogP contribution in [0.15, 0.2) is 78.9 Å². The Morgan fingerprint density at radius 1 is 0.973 bits per heavy atom. The minimum atomic E-state index is -1.08. The molecule has 2 atom stereocenters. The zero-order valence-electron chi connectivity index (χ0n) is 20.4. The Labute approximate surface area is 215 Å². The molecule has 1 aliphatic heterocycles. The summed E-state index contributed by atoms with van der Waals surface area (Å²) in [4.78, 5) is 42.1. The quantitative estimate of drug-likeness (QED) is 0.278. The van der Waals surface area contributed by atoms with Crippen LogP contribution in [-0.4, -0.2) is 53.3 Å². The van der Waals surface area contributed by atoms with Gasteiger partial charge in [-0.25, -0.2) is 0 Å². The first-order chi connectivity index (χ1) is 17.8. The zero-order valence-corrected chi connectivity index (χ0v) is 20.4. The SMILES string of the molecule is CN1c2ccccc2C(NC(=O)c2ccc(C(=N)N)cc2)N(CCc2ccccc2)C(=O)C1CC(=O)O. The van der Waals surface area contributed by atoms with E-state index in [-0.39, 0.29) is 24.7 Å². The van der Waals surface area contributed by atoms with Gasteiger partial charge >= 0.3 is 5.97 Å². The van der Waals surface area contributed by atoms with Crippen molar-refractivity contribution >= 4 is 29.3 Å². The molecule has 0 fully saturated rings. The van der Waals surface area contributed by atoms with E-state index in [0.717, 1.165) is 5.56 Å². The van der Waals surface area contributed by atoms with Gasteiger partial charge in [-0.3, -0.25) is 19.8 Å². The minimum Gasteiger partial charge on any atom is -0.481 e. The molecule has 0 spiro atoms. The van der Waals surface area contributed by atoms with Gasteiger partial charge in [0.15, 0.2) is 0 Å². The van der Waals surface area contributed by atoms with Gasteiger partial charge in [-0.2, -0.15) is 0 Å². The Morgan fingerprint density at radius 2 is 1.59 bits per heavy atom. The molecule has 3 aromatic rings. The van der Waals surface area contributed by atoms with Gasteiger partial charge in [0, 0.05) is 36.0 Å². The van der Waals surface area contributed by atoms with E-state index in [9.17, 15) is 19.5 Å². The number of aliphatic carboxylic acids is 1. The highest BCUT2D eigenvalue weighted by Gasteiger charge is 2.40. The average molecular weight is 500 g/mol. The highest BCUT2D eigenvalue weighted by molar-refractivity contribution is 5.99. The molecule has 1 aliphatic rings. The first-order valence-corrected chi connectivity index (χ1v) is 11.9. The normalized spacial score (nSPS) is 17.1. The fourth-order valence-corrected chi connectivity index (χ4v) is 4.55.